The van der Waals surface area contributed by atoms with Crippen LogP contribution in [0.25, 0.3) is 0 Å². The minimum absolute atomic E-state index is 0.0916. The Morgan fingerprint density at radius 3 is 2.57 bits per heavy atom. The Bertz CT molecular complexity index is 674. The summed E-state index contributed by atoms with van der Waals surface area (Å²) in [4.78, 5) is 11.3. The van der Waals surface area contributed by atoms with Gasteiger partial charge in [-0.05, 0) is 51.8 Å². The van der Waals surface area contributed by atoms with Gasteiger partial charge in [0.25, 0.3) is 0 Å². The van der Waals surface area contributed by atoms with Crippen molar-refractivity contribution in [1.82, 2.24) is 0 Å². The minimum atomic E-state index is -0.698. The van der Waals surface area contributed by atoms with Crippen LogP contribution in [0, 0.1) is 5.82 Å². The zero-order chi connectivity index (χ0) is 15.4. The fraction of sp³-hybridized carbons (Fsp3) is 0.133. The molecule has 3 nitrogen and oxygen atoms in total. The van der Waals surface area contributed by atoms with E-state index in [1.807, 2.05) is 12.1 Å². The molecule has 0 saturated carbocycles. The Morgan fingerprint density at radius 2 is 1.95 bits per heavy atom. The molecule has 0 saturated heterocycles. The Labute approximate surface area is 138 Å². The molecule has 0 aliphatic carbocycles. The first-order chi connectivity index (χ1) is 10.0. The van der Waals surface area contributed by atoms with E-state index in [1.54, 1.807) is 12.1 Å². The third-order valence-electron chi connectivity index (χ3n) is 2.73. The first-order valence-electron chi connectivity index (χ1n) is 5.96. The third-order valence-corrected chi connectivity index (χ3v) is 3.84. The van der Waals surface area contributed by atoms with Crippen molar-refractivity contribution in [3.05, 3.63) is 62.3 Å². The molecule has 0 aromatic heterocycles. The van der Waals surface area contributed by atoms with E-state index >= 15 is 0 Å². The van der Waals surface area contributed by atoms with Crippen molar-refractivity contribution < 1.29 is 18.7 Å². The second-order valence-corrected chi connectivity index (χ2v) is 5.94. The van der Waals surface area contributed by atoms with Gasteiger partial charge in [0.15, 0.2) is 0 Å². The molecular weight excluding hydrogens is 407 g/mol. The average Bonchev–Trinajstić information content (AvgIpc) is 2.45. The van der Waals surface area contributed by atoms with Crippen molar-refractivity contribution in [1.29, 1.82) is 0 Å². The van der Waals surface area contributed by atoms with Crippen LogP contribution in [0.5, 0.6) is 5.75 Å². The Balaban J connectivity index is 2.10. The van der Waals surface area contributed by atoms with Gasteiger partial charge in [0, 0.05) is 4.47 Å². The predicted octanol–water partition coefficient (Wildman–Crippen LogP) is 4.72. The highest BCUT2D eigenvalue weighted by molar-refractivity contribution is 9.11. The van der Waals surface area contributed by atoms with Crippen LogP contribution in [0.3, 0.4) is 0 Å². The van der Waals surface area contributed by atoms with E-state index in [1.165, 1.54) is 19.2 Å². The van der Waals surface area contributed by atoms with Crippen molar-refractivity contribution in [2.75, 3.05) is 7.11 Å². The summed E-state index contributed by atoms with van der Waals surface area (Å²) in [5.41, 5.74) is 0.529. The monoisotopic (exact) mass is 416 g/mol. The summed E-state index contributed by atoms with van der Waals surface area (Å²) in [5.74, 6) is -0.677. The van der Waals surface area contributed by atoms with E-state index in [-0.39, 0.29) is 12.2 Å². The normalized spacial score (nSPS) is 10.3. The average molecular weight is 418 g/mol. The topological polar surface area (TPSA) is 35.5 Å². The molecule has 0 aliphatic rings. The SMILES string of the molecule is COC(=O)c1ccc(COc2ccc(Br)cc2Br)cc1F. The van der Waals surface area contributed by atoms with Crippen molar-refractivity contribution in [2.24, 2.45) is 0 Å². The number of rotatable bonds is 4. The molecule has 0 spiro atoms. The lowest BCUT2D eigenvalue weighted by Crippen LogP contribution is -2.05. The van der Waals surface area contributed by atoms with E-state index in [4.69, 9.17) is 4.74 Å². The number of carbonyl (C=O) groups is 1. The third kappa shape index (κ3) is 4.04. The largest absolute Gasteiger partial charge is 0.488 e. The molecule has 0 N–H and O–H groups in total. The van der Waals surface area contributed by atoms with E-state index in [2.05, 4.69) is 36.6 Å². The smallest absolute Gasteiger partial charge is 0.340 e. The molecule has 21 heavy (non-hydrogen) atoms. The minimum Gasteiger partial charge on any atom is -0.488 e. The number of benzene rings is 2. The van der Waals surface area contributed by atoms with Crippen molar-refractivity contribution in [3.63, 3.8) is 0 Å². The molecule has 0 heterocycles. The van der Waals surface area contributed by atoms with Gasteiger partial charge in [-0.1, -0.05) is 22.0 Å². The van der Waals surface area contributed by atoms with Gasteiger partial charge in [-0.2, -0.15) is 0 Å². The highest BCUT2D eigenvalue weighted by Crippen LogP contribution is 2.29. The number of carbonyl (C=O) groups excluding carboxylic acids is 1. The highest BCUT2D eigenvalue weighted by atomic mass is 79.9. The molecule has 0 fully saturated rings. The molecule has 0 aliphatic heterocycles. The molecule has 0 bridgehead atoms. The van der Waals surface area contributed by atoms with Crippen molar-refractivity contribution in [3.8, 4) is 5.75 Å². The lowest BCUT2D eigenvalue weighted by molar-refractivity contribution is 0.0595. The Kier molecular flexibility index (Phi) is 5.36. The van der Waals surface area contributed by atoms with Crippen LogP contribution in [-0.4, -0.2) is 13.1 Å². The fourth-order valence-electron chi connectivity index (χ4n) is 1.68. The van der Waals surface area contributed by atoms with E-state index in [9.17, 15) is 9.18 Å². The first kappa shape index (κ1) is 16.0. The molecule has 0 amide bonds. The summed E-state index contributed by atoms with van der Waals surface area (Å²) >= 11 is 6.74. The summed E-state index contributed by atoms with van der Waals surface area (Å²) < 4.78 is 25.6. The van der Waals surface area contributed by atoms with Crippen LogP contribution in [-0.2, 0) is 11.3 Å². The zero-order valence-electron chi connectivity index (χ0n) is 11.0. The van der Waals surface area contributed by atoms with Gasteiger partial charge in [0.05, 0.1) is 17.1 Å². The van der Waals surface area contributed by atoms with Crippen LogP contribution in [0.15, 0.2) is 45.3 Å². The zero-order valence-corrected chi connectivity index (χ0v) is 14.2. The number of ether oxygens (including phenoxy) is 2. The van der Waals surface area contributed by atoms with Gasteiger partial charge in [-0.25, -0.2) is 9.18 Å². The molecular formula is C15H11Br2FO3. The molecule has 2 aromatic carbocycles. The lowest BCUT2D eigenvalue weighted by Gasteiger charge is -2.09. The molecule has 2 rings (SSSR count). The Hall–Kier alpha value is -1.40. The summed E-state index contributed by atoms with van der Waals surface area (Å²) in [7, 11) is 1.21. The lowest BCUT2D eigenvalue weighted by atomic mass is 10.1. The van der Waals surface area contributed by atoms with E-state index < -0.39 is 11.8 Å². The van der Waals surface area contributed by atoms with Crippen LogP contribution < -0.4 is 4.74 Å². The van der Waals surface area contributed by atoms with Crippen LogP contribution >= 0.6 is 31.9 Å². The van der Waals surface area contributed by atoms with Crippen LogP contribution in [0.1, 0.15) is 15.9 Å². The second kappa shape index (κ2) is 7.04. The number of halogens is 3. The quantitative estimate of drug-likeness (QED) is 0.675. The molecule has 2 aromatic rings. The second-order valence-electron chi connectivity index (χ2n) is 4.17. The fourth-order valence-corrected chi connectivity index (χ4v) is 2.84. The van der Waals surface area contributed by atoms with Gasteiger partial charge in [-0.3, -0.25) is 0 Å². The number of esters is 1. The molecule has 6 heteroatoms. The van der Waals surface area contributed by atoms with Gasteiger partial charge in [-0.15, -0.1) is 0 Å². The standard InChI is InChI=1S/C15H11Br2FO3/c1-20-15(19)11-4-2-9(6-13(11)18)8-21-14-5-3-10(16)7-12(14)17/h2-7H,8H2,1H3. The van der Waals surface area contributed by atoms with Gasteiger partial charge >= 0.3 is 5.97 Å². The maximum atomic E-state index is 13.8. The highest BCUT2D eigenvalue weighted by Gasteiger charge is 2.12. The van der Waals surface area contributed by atoms with Gasteiger partial charge in [0.2, 0.25) is 0 Å². The summed E-state index contributed by atoms with van der Waals surface area (Å²) in [5, 5.41) is 0. The predicted molar refractivity (Wildman–Crippen MR) is 83.9 cm³/mol. The van der Waals surface area contributed by atoms with E-state index in [0.717, 1.165) is 8.95 Å². The number of hydrogen-bond donors (Lipinski definition) is 0. The van der Waals surface area contributed by atoms with Crippen LogP contribution in [0.4, 0.5) is 4.39 Å². The molecule has 0 unspecified atom stereocenters. The first-order valence-corrected chi connectivity index (χ1v) is 7.54. The Morgan fingerprint density at radius 1 is 1.19 bits per heavy atom. The summed E-state index contributed by atoms with van der Waals surface area (Å²) in [6, 6.07) is 9.78. The van der Waals surface area contributed by atoms with Gasteiger partial charge < -0.3 is 9.47 Å². The molecule has 0 atom stereocenters. The molecule has 0 radical (unpaired) electrons. The van der Waals surface area contributed by atoms with Crippen molar-refractivity contribution in [2.45, 2.75) is 6.61 Å². The summed E-state index contributed by atoms with van der Waals surface area (Å²) in [6.45, 7) is 0.193. The maximum absolute atomic E-state index is 13.8. The number of methoxy groups -OCH3 is 1. The summed E-state index contributed by atoms with van der Waals surface area (Å²) in [6.07, 6.45) is 0. The van der Waals surface area contributed by atoms with Gasteiger partial charge in [0.1, 0.15) is 18.2 Å². The van der Waals surface area contributed by atoms with Crippen molar-refractivity contribution >= 4 is 37.8 Å². The molecule has 110 valence electrons. The van der Waals surface area contributed by atoms with Crippen LogP contribution in [0.2, 0.25) is 0 Å². The maximum Gasteiger partial charge on any atom is 0.340 e. The number of hydrogen-bond acceptors (Lipinski definition) is 3. The van der Waals surface area contributed by atoms with E-state index in [0.29, 0.717) is 11.3 Å².